The van der Waals surface area contributed by atoms with Gasteiger partial charge in [-0.25, -0.2) is 9.59 Å². The molecule has 0 radical (unpaired) electrons. The number of carbonyl (C=O) groups is 2. The van der Waals surface area contributed by atoms with E-state index in [9.17, 15) is 14.7 Å². The molecule has 0 aliphatic heterocycles. The summed E-state index contributed by atoms with van der Waals surface area (Å²) in [7, 11) is 0. The van der Waals surface area contributed by atoms with Crippen molar-refractivity contribution in [2.24, 2.45) is 0 Å². The number of amides is 2. The number of rotatable bonds is 6. The first kappa shape index (κ1) is 15.5. The molecule has 1 aromatic rings. The van der Waals surface area contributed by atoms with Gasteiger partial charge in [0.05, 0.1) is 6.54 Å². The quantitative estimate of drug-likeness (QED) is 0.622. The number of hydrogen-bond acceptors (Lipinski definition) is 4. The molecule has 2 atom stereocenters. The molecule has 0 fully saturated rings. The zero-order valence-electron chi connectivity index (χ0n) is 10.8. The predicted molar refractivity (Wildman–Crippen MR) is 72.3 cm³/mol. The number of hydrogen-bond donors (Lipinski definition) is 4. The largest absolute Gasteiger partial charge is 0.479 e. The van der Waals surface area contributed by atoms with Crippen molar-refractivity contribution in [3.05, 3.63) is 22.4 Å². The summed E-state index contributed by atoms with van der Waals surface area (Å²) in [5.74, 6) is -1.38. The standard InChI is InChI=1S/C12H18N2O4S/c1-8(6-9-4-3-5-19-9)14-11(17)13-7-12(2,18)10(15)16/h3-5,8,18H,6-7H2,1-2H3,(H,15,16)(H2,13,14,17). The minimum Gasteiger partial charge on any atom is -0.479 e. The molecule has 0 aliphatic carbocycles. The van der Waals surface area contributed by atoms with Crippen LogP contribution >= 0.6 is 11.3 Å². The van der Waals surface area contributed by atoms with Crippen LogP contribution in [-0.4, -0.2) is 40.4 Å². The average molecular weight is 286 g/mol. The normalized spacial score (nSPS) is 15.3. The molecule has 19 heavy (non-hydrogen) atoms. The highest BCUT2D eigenvalue weighted by Crippen LogP contribution is 2.10. The van der Waals surface area contributed by atoms with Crippen molar-refractivity contribution in [1.82, 2.24) is 10.6 Å². The van der Waals surface area contributed by atoms with Crippen molar-refractivity contribution < 1.29 is 19.8 Å². The van der Waals surface area contributed by atoms with Gasteiger partial charge in [0.25, 0.3) is 0 Å². The predicted octanol–water partition coefficient (Wildman–Crippen LogP) is 0.814. The van der Waals surface area contributed by atoms with Crippen molar-refractivity contribution in [2.45, 2.75) is 31.9 Å². The van der Waals surface area contributed by atoms with Gasteiger partial charge in [-0.1, -0.05) is 6.07 Å². The zero-order valence-corrected chi connectivity index (χ0v) is 11.7. The van der Waals surface area contributed by atoms with Crippen molar-refractivity contribution in [3.8, 4) is 0 Å². The molecule has 1 aromatic heterocycles. The van der Waals surface area contributed by atoms with Crippen LogP contribution in [0.1, 0.15) is 18.7 Å². The summed E-state index contributed by atoms with van der Waals surface area (Å²) in [6.45, 7) is 2.64. The Morgan fingerprint density at radius 2 is 2.21 bits per heavy atom. The molecule has 2 unspecified atom stereocenters. The van der Waals surface area contributed by atoms with E-state index in [2.05, 4.69) is 10.6 Å². The summed E-state index contributed by atoms with van der Waals surface area (Å²) < 4.78 is 0. The van der Waals surface area contributed by atoms with Gasteiger partial charge < -0.3 is 20.8 Å². The number of nitrogens with one attached hydrogen (secondary N) is 2. The van der Waals surface area contributed by atoms with Crippen molar-refractivity contribution >= 4 is 23.3 Å². The summed E-state index contributed by atoms with van der Waals surface area (Å²) >= 11 is 1.61. The SMILES string of the molecule is CC(Cc1cccs1)NC(=O)NCC(C)(O)C(=O)O. The molecular formula is C12H18N2O4S. The lowest BCUT2D eigenvalue weighted by Gasteiger charge is -2.20. The van der Waals surface area contributed by atoms with Gasteiger partial charge in [0, 0.05) is 17.3 Å². The topological polar surface area (TPSA) is 98.7 Å². The molecule has 2 amide bonds. The molecule has 1 heterocycles. The van der Waals surface area contributed by atoms with Gasteiger partial charge in [-0.15, -0.1) is 11.3 Å². The minimum absolute atomic E-state index is 0.0755. The third-order valence-corrected chi connectivity index (χ3v) is 3.42. The Hall–Kier alpha value is -1.60. The van der Waals surface area contributed by atoms with E-state index in [1.54, 1.807) is 11.3 Å². The van der Waals surface area contributed by atoms with Gasteiger partial charge in [0.2, 0.25) is 0 Å². The maximum atomic E-state index is 11.5. The average Bonchev–Trinajstić information content (AvgIpc) is 2.78. The number of carboxylic acid groups (broad SMARTS) is 1. The summed E-state index contributed by atoms with van der Waals surface area (Å²) in [6, 6.07) is 3.35. The highest BCUT2D eigenvalue weighted by molar-refractivity contribution is 7.09. The summed E-state index contributed by atoms with van der Waals surface area (Å²) in [5, 5.41) is 25.1. The van der Waals surface area contributed by atoms with Gasteiger partial charge in [0.1, 0.15) is 0 Å². The van der Waals surface area contributed by atoms with Crippen LogP contribution in [0.15, 0.2) is 17.5 Å². The maximum absolute atomic E-state index is 11.5. The van der Waals surface area contributed by atoms with E-state index in [-0.39, 0.29) is 12.6 Å². The van der Waals surface area contributed by atoms with Crippen LogP contribution in [0.5, 0.6) is 0 Å². The first-order valence-electron chi connectivity index (χ1n) is 5.84. The first-order chi connectivity index (χ1) is 8.81. The second-order valence-electron chi connectivity index (χ2n) is 4.59. The van der Waals surface area contributed by atoms with Crippen LogP contribution < -0.4 is 10.6 Å². The molecule has 4 N–H and O–H groups in total. The van der Waals surface area contributed by atoms with E-state index in [0.717, 1.165) is 11.8 Å². The molecule has 0 saturated carbocycles. The molecule has 0 aliphatic rings. The van der Waals surface area contributed by atoms with Crippen molar-refractivity contribution in [3.63, 3.8) is 0 Å². The fourth-order valence-electron chi connectivity index (χ4n) is 1.38. The third kappa shape index (κ3) is 5.27. The Balaban J connectivity index is 2.33. The van der Waals surface area contributed by atoms with Gasteiger partial charge in [-0.05, 0) is 25.3 Å². The molecule has 0 bridgehead atoms. The van der Waals surface area contributed by atoms with E-state index >= 15 is 0 Å². The van der Waals surface area contributed by atoms with Crippen LogP contribution in [0.25, 0.3) is 0 Å². The highest BCUT2D eigenvalue weighted by Gasteiger charge is 2.30. The summed E-state index contributed by atoms with van der Waals surface area (Å²) in [6.07, 6.45) is 0.709. The lowest BCUT2D eigenvalue weighted by Crippen LogP contribution is -2.50. The molecule has 0 spiro atoms. The second-order valence-corrected chi connectivity index (χ2v) is 5.62. The monoisotopic (exact) mass is 286 g/mol. The molecule has 0 aromatic carbocycles. The summed E-state index contributed by atoms with van der Waals surface area (Å²) in [5.41, 5.74) is -1.96. The van der Waals surface area contributed by atoms with Crippen LogP contribution in [0, 0.1) is 0 Å². The maximum Gasteiger partial charge on any atom is 0.337 e. The lowest BCUT2D eigenvalue weighted by molar-refractivity contribution is -0.155. The molecule has 106 valence electrons. The van der Waals surface area contributed by atoms with Gasteiger partial charge in [-0.3, -0.25) is 0 Å². The Labute approximate surface area is 115 Å². The number of thiophene rings is 1. The lowest BCUT2D eigenvalue weighted by atomic mass is 10.1. The Kier molecular flexibility index (Phi) is 5.31. The van der Waals surface area contributed by atoms with Crippen LogP contribution in [0.4, 0.5) is 4.79 Å². The summed E-state index contributed by atoms with van der Waals surface area (Å²) in [4.78, 5) is 23.3. The molecule has 1 rings (SSSR count). The van der Waals surface area contributed by atoms with Crippen molar-refractivity contribution in [1.29, 1.82) is 0 Å². The third-order valence-electron chi connectivity index (χ3n) is 2.52. The second kappa shape index (κ2) is 6.53. The van der Waals surface area contributed by atoms with E-state index in [0.29, 0.717) is 6.42 Å². The van der Waals surface area contributed by atoms with E-state index in [1.165, 1.54) is 0 Å². The minimum atomic E-state index is -1.96. The Morgan fingerprint density at radius 1 is 1.53 bits per heavy atom. The highest BCUT2D eigenvalue weighted by atomic mass is 32.1. The van der Waals surface area contributed by atoms with Crippen LogP contribution in [-0.2, 0) is 11.2 Å². The van der Waals surface area contributed by atoms with E-state index < -0.39 is 17.6 Å². The van der Waals surface area contributed by atoms with Crippen LogP contribution in [0.2, 0.25) is 0 Å². The number of urea groups is 1. The smallest absolute Gasteiger partial charge is 0.337 e. The van der Waals surface area contributed by atoms with E-state index in [4.69, 9.17) is 5.11 Å². The molecule has 7 heteroatoms. The van der Waals surface area contributed by atoms with E-state index in [1.807, 2.05) is 24.4 Å². The van der Waals surface area contributed by atoms with Gasteiger partial charge in [0.15, 0.2) is 5.60 Å². The molecule has 6 nitrogen and oxygen atoms in total. The van der Waals surface area contributed by atoms with Crippen molar-refractivity contribution in [2.75, 3.05) is 6.54 Å². The zero-order chi connectivity index (χ0) is 14.5. The fraction of sp³-hybridized carbons (Fsp3) is 0.500. The van der Waals surface area contributed by atoms with Gasteiger partial charge in [-0.2, -0.15) is 0 Å². The number of aliphatic hydroxyl groups is 1. The number of aliphatic carboxylic acids is 1. The molecular weight excluding hydrogens is 268 g/mol. The number of carboxylic acids is 1. The van der Waals surface area contributed by atoms with Crippen LogP contribution in [0.3, 0.4) is 0 Å². The molecule has 0 saturated heterocycles. The Morgan fingerprint density at radius 3 is 2.74 bits per heavy atom. The van der Waals surface area contributed by atoms with Gasteiger partial charge >= 0.3 is 12.0 Å². The first-order valence-corrected chi connectivity index (χ1v) is 6.72. The Bertz CT molecular complexity index is 431. The fourth-order valence-corrected chi connectivity index (χ4v) is 2.22. The number of carbonyl (C=O) groups excluding carboxylic acids is 1.